The van der Waals surface area contributed by atoms with Crippen molar-refractivity contribution in [1.29, 1.82) is 0 Å². The van der Waals surface area contributed by atoms with Crippen molar-refractivity contribution in [3.05, 3.63) is 65.0 Å². The molecule has 0 N–H and O–H groups in total. The fraction of sp³-hybridized carbons (Fsp3) is 0.350. The van der Waals surface area contributed by atoms with Gasteiger partial charge in [0.2, 0.25) is 10.0 Å². The minimum Gasteiger partial charge on any atom is -0.334 e. The van der Waals surface area contributed by atoms with Crippen LogP contribution in [-0.4, -0.2) is 43.2 Å². The quantitative estimate of drug-likeness (QED) is 0.812. The highest BCUT2D eigenvalue weighted by Crippen LogP contribution is 2.27. The van der Waals surface area contributed by atoms with Gasteiger partial charge in [-0.1, -0.05) is 6.07 Å². The molecule has 0 bridgehead atoms. The van der Waals surface area contributed by atoms with Gasteiger partial charge in [0.15, 0.2) is 0 Å². The van der Waals surface area contributed by atoms with Gasteiger partial charge < -0.3 is 4.90 Å². The summed E-state index contributed by atoms with van der Waals surface area (Å²) in [5.41, 5.74) is 2.36. The summed E-state index contributed by atoms with van der Waals surface area (Å²) in [6, 6.07) is 10.7. The second-order valence-electron chi connectivity index (χ2n) is 7.03. The molecule has 1 amide bonds. The van der Waals surface area contributed by atoms with E-state index in [1.165, 1.54) is 28.6 Å². The highest BCUT2D eigenvalue weighted by molar-refractivity contribution is 7.89. The molecule has 27 heavy (non-hydrogen) atoms. The van der Waals surface area contributed by atoms with Crippen LogP contribution in [0.15, 0.2) is 47.4 Å². The lowest BCUT2D eigenvalue weighted by molar-refractivity contribution is 0.0734. The topological polar surface area (TPSA) is 57.7 Å². The van der Waals surface area contributed by atoms with Crippen LogP contribution >= 0.6 is 0 Å². The van der Waals surface area contributed by atoms with Crippen LogP contribution in [0.2, 0.25) is 0 Å². The summed E-state index contributed by atoms with van der Waals surface area (Å²) in [6.45, 7) is 2.04. The summed E-state index contributed by atoms with van der Waals surface area (Å²) < 4.78 is 40.2. The van der Waals surface area contributed by atoms with Crippen molar-refractivity contribution in [2.75, 3.05) is 19.6 Å². The second kappa shape index (κ2) is 7.05. The lowest BCUT2D eigenvalue weighted by Crippen LogP contribution is -2.36. The lowest BCUT2D eigenvalue weighted by Gasteiger charge is -2.29. The molecule has 2 aliphatic heterocycles. The maximum Gasteiger partial charge on any atom is 0.254 e. The first-order chi connectivity index (χ1) is 12.9. The zero-order valence-electron chi connectivity index (χ0n) is 14.9. The molecule has 1 saturated heterocycles. The first-order valence-corrected chi connectivity index (χ1v) is 10.6. The number of carbonyl (C=O) groups is 1. The fourth-order valence-corrected chi connectivity index (χ4v) is 5.29. The van der Waals surface area contributed by atoms with Crippen molar-refractivity contribution in [2.24, 2.45) is 0 Å². The van der Waals surface area contributed by atoms with Crippen molar-refractivity contribution in [3.8, 4) is 0 Å². The molecule has 0 radical (unpaired) electrons. The van der Waals surface area contributed by atoms with Gasteiger partial charge >= 0.3 is 0 Å². The molecule has 0 unspecified atom stereocenters. The third kappa shape index (κ3) is 3.49. The molecular weight excluding hydrogens is 367 g/mol. The molecule has 2 aromatic rings. The lowest BCUT2D eigenvalue weighted by atomic mass is 9.99. The van der Waals surface area contributed by atoms with Gasteiger partial charge in [0.1, 0.15) is 5.82 Å². The molecule has 7 heteroatoms. The summed E-state index contributed by atoms with van der Waals surface area (Å²) >= 11 is 0. The van der Waals surface area contributed by atoms with Gasteiger partial charge in [-0.3, -0.25) is 4.79 Å². The van der Waals surface area contributed by atoms with E-state index in [-0.39, 0.29) is 11.7 Å². The van der Waals surface area contributed by atoms with E-state index in [4.69, 9.17) is 0 Å². The van der Waals surface area contributed by atoms with Crippen molar-refractivity contribution >= 4 is 15.9 Å². The number of rotatable bonds is 3. The van der Waals surface area contributed by atoms with E-state index in [1.54, 1.807) is 17.0 Å². The summed E-state index contributed by atoms with van der Waals surface area (Å²) in [6.07, 6.45) is 2.46. The van der Waals surface area contributed by atoms with Crippen LogP contribution in [0.4, 0.5) is 4.39 Å². The number of amides is 1. The minimum absolute atomic E-state index is 0.173. The third-order valence-electron chi connectivity index (χ3n) is 5.27. The van der Waals surface area contributed by atoms with E-state index in [1.807, 2.05) is 6.07 Å². The minimum atomic E-state index is -3.48. The van der Waals surface area contributed by atoms with E-state index < -0.39 is 10.0 Å². The molecule has 5 nitrogen and oxygen atoms in total. The Bertz CT molecular complexity index is 967. The second-order valence-corrected chi connectivity index (χ2v) is 8.96. The summed E-state index contributed by atoms with van der Waals surface area (Å²) in [5, 5.41) is 0. The number of hydrogen-bond donors (Lipinski definition) is 0. The number of halogens is 1. The number of carbonyl (C=O) groups excluding carboxylic acids is 1. The highest BCUT2D eigenvalue weighted by Gasteiger charge is 2.29. The predicted octanol–water partition coefficient (Wildman–Crippen LogP) is 2.81. The maximum absolute atomic E-state index is 13.1. The molecule has 1 fully saturated rings. The van der Waals surface area contributed by atoms with E-state index in [0.29, 0.717) is 43.1 Å². The molecule has 0 aliphatic carbocycles. The Hall–Kier alpha value is -2.25. The Kier molecular flexibility index (Phi) is 4.74. The average Bonchev–Trinajstić information content (AvgIpc) is 3.23. The van der Waals surface area contributed by atoms with Gasteiger partial charge in [-0.25, -0.2) is 12.8 Å². The summed E-state index contributed by atoms with van der Waals surface area (Å²) in [5.74, 6) is -0.555. The van der Waals surface area contributed by atoms with Gasteiger partial charge in [-0.2, -0.15) is 4.31 Å². The zero-order valence-corrected chi connectivity index (χ0v) is 15.7. The monoisotopic (exact) mass is 388 g/mol. The van der Waals surface area contributed by atoms with Crippen LogP contribution in [0.1, 0.15) is 34.3 Å². The Morgan fingerprint density at radius 1 is 0.926 bits per heavy atom. The van der Waals surface area contributed by atoms with Crippen LogP contribution < -0.4 is 0 Å². The van der Waals surface area contributed by atoms with Crippen molar-refractivity contribution in [2.45, 2.75) is 30.7 Å². The standard InChI is InChI=1S/C20H21FN2O3S/c21-18-6-3-16(4-7-18)20(24)22-12-9-15-5-8-19(13-17(15)14-22)27(25,26)23-10-1-2-11-23/h3-8,13H,1-2,9-12,14H2. The first-order valence-electron chi connectivity index (χ1n) is 9.12. The van der Waals surface area contributed by atoms with Gasteiger partial charge in [0, 0.05) is 31.7 Å². The molecule has 142 valence electrons. The molecule has 0 atom stereocenters. The Morgan fingerprint density at radius 2 is 1.63 bits per heavy atom. The molecule has 2 aromatic carbocycles. The summed E-state index contributed by atoms with van der Waals surface area (Å²) in [4.78, 5) is 14.7. The van der Waals surface area contributed by atoms with Crippen molar-refractivity contribution in [1.82, 2.24) is 9.21 Å². The van der Waals surface area contributed by atoms with Crippen LogP contribution in [0, 0.1) is 5.82 Å². The van der Waals surface area contributed by atoms with E-state index >= 15 is 0 Å². The van der Waals surface area contributed by atoms with Gasteiger partial charge in [-0.15, -0.1) is 0 Å². The molecule has 0 saturated carbocycles. The zero-order chi connectivity index (χ0) is 19.0. The number of nitrogens with zero attached hydrogens (tertiary/aromatic N) is 2. The number of benzene rings is 2. The van der Waals surface area contributed by atoms with Gasteiger partial charge in [0.25, 0.3) is 5.91 Å². The van der Waals surface area contributed by atoms with Crippen LogP contribution in [0.5, 0.6) is 0 Å². The summed E-state index contributed by atoms with van der Waals surface area (Å²) in [7, 11) is -3.48. The van der Waals surface area contributed by atoms with Crippen molar-refractivity contribution in [3.63, 3.8) is 0 Å². The van der Waals surface area contributed by atoms with Gasteiger partial charge in [0.05, 0.1) is 4.90 Å². The van der Waals surface area contributed by atoms with Gasteiger partial charge in [-0.05, 0) is 66.8 Å². The van der Waals surface area contributed by atoms with Crippen LogP contribution in [0.3, 0.4) is 0 Å². The SMILES string of the molecule is O=C(c1ccc(F)cc1)N1CCc2ccc(S(=O)(=O)N3CCCC3)cc2C1. The predicted molar refractivity (Wildman–Crippen MR) is 99.3 cm³/mol. The normalized spacial score (nSPS) is 17.7. The smallest absolute Gasteiger partial charge is 0.254 e. The Labute approximate surface area is 158 Å². The van der Waals surface area contributed by atoms with Crippen molar-refractivity contribution < 1.29 is 17.6 Å². The molecule has 2 heterocycles. The van der Waals surface area contributed by atoms with Crippen LogP contribution in [-0.2, 0) is 23.0 Å². The maximum atomic E-state index is 13.1. The largest absolute Gasteiger partial charge is 0.334 e. The van der Waals surface area contributed by atoms with E-state index in [0.717, 1.165) is 24.0 Å². The Morgan fingerprint density at radius 3 is 2.33 bits per heavy atom. The van der Waals surface area contributed by atoms with E-state index in [9.17, 15) is 17.6 Å². The number of hydrogen-bond acceptors (Lipinski definition) is 3. The number of fused-ring (bicyclic) bond motifs is 1. The fourth-order valence-electron chi connectivity index (χ4n) is 3.72. The molecule has 4 rings (SSSR count). The highest BCUT2D eigenvalue weighted by atomic mass is 32.2. The molecule has 0 aromatic heterocycles. The third-order valence-corrected chi connectivity index (χ3v) is 7.17. The molecular formula is C20H21FN2O3S. The first kappa shape index (κ1) is 18.1. The van der Waals surface area contributed by atoms with E-state index in [2.05, 4.69) is 0 Å². The molecule has 0 spiro atoms. The van der Waals surface area contributed by atoms with Crippen LogP contribution in [0.25, 0.3) is 0 Å². The Balaban J connectivity index is 1.58. The average molecular weight is 388 g/mol. The molecule has 2 aliphatic rings. The number of sulfonamides is 1.